The zero-order chi connectivity index (χ0) is 9.84. The first kappa shape index (κ1) is 10.2. The molecule has 2 radical (unpaired) electrons. The number of hydrogen-bond acceptors (Lipinski definition) is 2. The molecule has 1 heterocycles. The van der Waals surface area contributed by atoms with Crippen molar-refractivity contribution in [2.75, 3.05) is 6.54 Å². The van der Waals surface area contributed by atoms with Crippen LogP contribution in [0.25, 0.3) is 0 Å². The van der Waals surface area contributed by atoms with E-state index in [-0.39, 0.29) is 11.8 Å². The summed E-state index contributed by atoms with van der Waals surface area (Å²) in [5, 5.41) is 0. The summed E-state index contributed by atoms with van der Waals surface area (Å²) in [6, 6.07) is 1.09. The normalized spacial score (nSPS) is 16.8. The Kier molecular flexibility index (Phi) is 3.42. The summed E-state index contributed by atoms with van der Waals surface area (Å²) >= 11 is 0. The van der Waals surface area contributed by atoms with Gasteiger partial charge in [-0.25, -0.2) is 0 Å². The maximum atomic E-state index is 11.3. The molecule has 0 aromatic rings. The highest BCUT2D eigenvalue weighted by Crippen LogP contribution is 2.12. The Morgan fingerprint density at radius 3 is 2.62 bits per heavy atom. The van der Waals surface area contributed by atoms with Gasteiger partial charge >= 0.3 is 0 Å². The molecule has 0 atom stereocenters. The maximum Gasteiger partial charge on any atom is 0.256 e. The molecule has 4 heteroatoms. The van der Waals surface area contributed by atoms with Crippen LogP contribution in [0, 0.1) is 0 Å². The lowest BCUT2D eigenvalue weighted by atomic mass is 10.3. The van der Waals surface area contributed by atoms with Gasteiger partial charge < -0.3 is 0 Å². The van der Waals surface area contributed by atoms with E-state index in [2.05, 4.69) is 6.55 Å². The van der Waals surface area contributed by atoms with Crippen molar-refractivity contribution >= 4 is 21.3 Å². The molecule has 70 valence electrons. The highest BCUT2D eigenvalue weighted by atomic mass is 28.2. The summed E-state index contributed by atoms with van der Waals surface area (Å²) in [4.78, 5) is 23.9. The number of hydrogen-bond donors (Lipinski definition) is 0. The van der Waals surface area contributed by atoms with Crippen LogP contribution in [0.15, 0.2) is 11.6 Å². The van der Waals surface area contributed by atoms with Crippen LogP contribution < -0.4 is 0 Å². The second-order valence-electron chi connectivity index (χ2n) is 3.08. The first-order chi connectivity index (χ1) is 6.16. The van der Waals surface area contributed by atoms with Crippen LogP contribution in [-0.2, 0) is 9.59 Å². The zero-order valence-corrected chi connectivity index (χ0v) is 8.96. The molecule has 1 aliphatic heterocycles. The van der Waals surface area contributed by atoms with Crippen LogP contribution >= 0.6 is 0 Å². The van der Waals surface area contributed by atoms with Gasteiger partial charge in [0, 0.05) is 27.7 Å². The SMILES string of the molecule is C[Si]CCCN1C(=O)C=C(C)C1=O. The third-order valence-corrected chi connectivity index (χ3v) is 2.85. The van der Waals surface area contributed by atoms with Gasteiger partial charge in [0.2, 0.25) is 0 Å². The van der Waals surface area contributed by atoms with Crippen molar-refractivity contribution in [2.24, 2.45) is 0 Å². The lowest BCUT2D eigenvalue weighted by Gasteiger charge is -2.13. The molecule has 13 heavy (non-hydrogen) atoms. The Hall–Kier alpha value is -0.903. The van der Waals surface area contributed by atoms with Gasteiger partial charge in [-0.05, 0) is 13.3 Å². The number of amides is 2. The van der Waals surface area contributed by atoms with Gasteiger partial charge in [-0.2, -0.15) is 0 Å². The van der Waals surface area contributed by atoms with Gasteiger partial charge in [0.05, 0.1) is 0 Å². The maximum absolute atomic E-state index is 11.3. The molecule has 0 aromatic carbocycles. The van der Waals surface area contributed by atoms with Crippen LogP contribution in [0.3, 0.4) is 0 Å². The van der Waals surface area contributed by atoms with E-state index in [9.17, 15) is 9.59 Å². The molecule has 0 saturated heterocycles. The number of imide groups is 1. The van der Waals surface area contributed by atoms with Gasteiger partial charge in [0.15, 0.2) is 0 Å². The van der Waals surface area contributed by atoms with Gasteiger partial charge in [0.25, 0.3) is 11.8 Å². The lowest BCUT2D eigenvalue weighted by molar-refractivity contribution is -0.137. The smallest absolute Gasteiger partial charge is 0.256 e. The summed E-state index contributed by atoms with van der Waals surface area (Å²) in [6.07, 6.45) is 2.34. The van der Waals surface area contributed by atoms with Crippen molar-refractivity contribution in [2.45, 2.75) is 25.9 Å². The molecule has 0 unspecified atom stereocenters. The fourth-order valence-electron chi connectivity index (χ4n) is 1.26. The van der Waals surface area contributed by atoms with E-state index in [0.717, 1.165) is 22.0 Å². The molecule has 0 aliphatic carbocycles. The second-order valence-corrected chi connectivity index (χ2v) is 4.29. The predicted molar refractivity (Wildman–Crippen MR) is 51.5 cm³/mol. The van der Waals surface area contributed by atoms with E-state index in [1.807, 2.05) is 0 Å². The minimum absolute atomic E-state index is 0.121. The zero-order valence-electron chi connectivity index (χ0n) is 7.96. The number of nitrogens with zero attached hydrogens (tertiary/aromatic N) is 1. The van der Waals surface area contributed by atoms with Crippen molar-refractivity contribution in [3.05, 3.63) is 11.6 Å². The van der Waals surface area contributed by atoms with Crippen LogP contribution in [0.5, 0.6) is 0 Å². The molecule has 0 bridgehead atoms. The van der Waals surface area contributed by atoms with E-state index in [1.165, 1.54) is 11.0 Å². The van der Waals surface area contributed by atoms with E-state index in [0.29, 0.717) is 12.1 Å². The minimum Gasteiger partial charge on any atom is -0.275 e. The van der Waals surface area contributed by atoms with Gasteiger partial charge in [-0.3, -0.25) is 14.5 Å². The fourth-order valence-corrected chi connectivity index (χ4v) is 1.78. The largest absolute Gasteiger partial charge is 0.275 e. The fraction of sp³-hybridized carbons (Fsp3) is 0.556. The molecular weight excluding hydrogens is 182 g/mol. The molecule has 1 aliphatic rings. The van der Waals surface area contributed by atoms with Crippen LogP contribution in [-0.4, -0.2) is 32.8 Å². The Morgan fingerprint density at radius 1 is 1.46 bits per heavy atom. The molecule has 3 nitrogen and oxygen atoms in total. The minimum atomic E-state index is -0.151. The summed E-state index contributed by atoms with van der Waals surface area (Å²) in [6.45, 7) is 4.38. The van der Waals surface area contributed by atoms with E-state index in [4.69, 9.17) is 0 Å². The highest BCUT2D eigenvalue weighted by Gasteiger charge is 2.27. The first-order valence-electron chi connectivity index (χ1n) is 4.35. The Labute approximate surface area is 80.6 Å². The predicted octanol–water partition coefficient (Wildman–Crippen LogP) is 0.862. The van der Waals surface area contributed by atoms with Crippen LogP contribution in [0.4, 0.5) is 0 Å². The molecular formula is C9H13NO2Si. The Balaban J connectivity index is 2.44. The average molecular weight is 195 g/mol. The summed E-state index contributed by atoms with van der Waals surface area (Å²) in [5.41, 5.74) is 0.559. The quantitative estimate of drug-likeness (QED) is 0.379. The van der Waals surface area contributed by atoms with Crippen molar-refractivity contribution in [1.29, 1.82) is 0 Å². The molecule has 0 N–H and O–H groups in total. The van der Waals surface area contributed by atoms with E-state index < -0.39 is 0 Å². The molecule has 0 aromatic heterocycles. The Bertz CT molecular complexity index is 260. The topological polar surface area (TPSA) is 37.4 Å². The molecule has 2 amide bonds. The van der Waals surface area contributed by atoms with E-state index >= 15 is 0 Å². The number of carbonyl (C=O) groups is 2. The molecule has 0 spiro atoms. The van der Waals surface area contributed by atoms with Crippen molar-refractivity contribution < 1.29 is 9.59 Å². The summed E-state index contributed by atoms with van der Waals surface area (Å²) in [5.74, 6) is -0.272. The van der Waals surface area contributed by atoms with E-state index in [1.54, 1.807) is 6.92 Å². The van der Waals surface area contributed by atoms with Gasteiger partial charge in [0.1, 0.15) is 0 Å². The van der Waals surface area contributed by atoms with Crippen LogP contribution in [0.1, 0.15) is 13.3 Å². The summed E-state index contributed by atoms with van der Waals surface area (Å²) in [7, 11) is 0.892. The van der Waals surface area contributed by atoms with Crippen LogP contribution in [0.2, 0.25) is 12.6 Å². The average Bonchev–Trinajstić information content (AvgIpc) is 2.32. The van der Waals surface area contributed by atoms with Crippen molar-refractivity contribution in [3.63, 3.8) is 0 Å². The molecule has 0 saturated carbocycles. The monoisotopic (exact) mass is 195 g/mol. The standard InChI is InChI=1S/C9H13NO2Si/c1-7-6-8(11)10(9(7)12)4-3-5-13-2/h6H,3-5H2,1-2H3. The molecule has 1 rings (SSSR count). The third-order valence-electron chi connectivity index (χ3n) is 2.00. The third kappa shape index (κ3) is 2.27. The van der Waals surface area contributed by atoms with Crippen molar-refractivity contribution in [1.82, 2.24) is 4.90 Å². The highest BCUT2D eigenvalue weighted by molar-refractivity contribution is 6.33. The summed E-state index contributed by atoms with van der Waals surface area (Å²) < 4.78 is 0. The van der Waals surface area contributed by atoms with Crippen molar-refractivity contribution in [3.8, 4) is 0 Å². The van der Waals surface area contributed by atoms with Gasteiger partial charge in [-0.1, -0.05) is 12.6 Å². The van der Waals surface area contributed by atoms with Gasteiger partial charge in [-0.15, -0.1) is 0 Å². The first-order valence-corrected chi connectivity index (χ1v) is 6.06. The Morgan fingerprint density at radius 2 is 2.15 bits per heavy atom. The lowest BCUT2D eigenvalue weighted by Crippen LogP contribution is -2.31. The number of rotatable bonds is 4. The molecule has 0 fully saturated rings. The second kappa shape index (κ2) is 4.37. The number of carbonyl (C=O) groups excluding carboxylic acids is 2.